The molecule has 1 aliphatic heterocycles. The summed E-state index contributed by atoms with van der Waals surface area (Å²) in [5.41, 5.74) is 2.72. The molecule has 0 radical (unpaired) electrons. The molecule has 0 aliphatic carbocycles. The fraction of sp³-hybridized carbons (Fsp3) is 0.429. The van der Waals surface area contributed by atoms with Crippen molar-refractivity contribution in [3.63, 3.8) is 0 Å². The Labute approximate surface area is 232 Å². The van der Waals surface area contributed by atoms with Gasteiger partial charge in [0, 0.05) is 48.9 Å². The van der Waals surface area contributed by atoms with Crippen LogP contribution < -0.4 is 15.5 Å². The minimum Gasteiger partial charge on any atom is -0.444 e. The molecule has 210 valence electrons. The quantitative estimate of drug-likeness (QED) is 0.243. The monoisotopic (exact) mass is 545 g/mol. The van der Waals surface area contributed by atoms with Crippen LogP contribution in [-0.4, -0.2) is 55.1 Å². The van der Waals surface area contributed by atoms with Crippen LogP contribution in [0.5, 0.6) is 0 Å². The highest BCUT2D eigenvalue weighted by atomic mass is 16.6. The molecule has 0 bridgehead atoms. The van der Waals surface area contributed by atoms with Gasteiger partial charge in [-0.15, -0.1) is 0 Å². The summed E-state index contributed by atoms with van der Waals surface area (Å²) >= 11 is 0. The number of ether oxygens (including phenoxy) is 1. The second-order valence-corrected chi connectivity index (χ2v) is 10.8. The Kier molecular flexibility index (Phi) is 7.94. The summed E-state index contributed by atoms with van der Waals surface area (Å²) < 4.78 is 11.1. The number of amides is 1. The largest absolute Gasteiger partial charge is 0.444 e. The van der Waals surface area contributed by atoms with E-state index in [9.17, 15) is 4.79 Å². The normalized spacial score (nSPS) is 15.3. The van der Waals surface area contributed by atoms with Gasteiger partial charge in [-0.3, -0.25) is 10.1 Å². The molecule has 1 atom stereocenters. The zero-order valence-corrected chi connectivity index (χ0v) is 23.3. The summed E-state index contributed by atoms with van der Waals surface area (Å²) in [6, 6.07) is 11.4. The van der Waals surface area contributed by atoms with Gasteiger partial charge in [0.25, 0.3) is 0 Å². The van der Waals surface area contributed by atoms with Crippen LogP contribution in [0.25, 0.3) is 11.4 Å². The van der Waals surface area contributed by atoms with Crippen LogP contribution in [-0.2, 0) is 11.2 Å². The van der Waals surface area contributed by atoms with Crippen molar-refractivity contribution in [1.29, 1.82) is 0 Å². The number of anilines is 3. The Morgan fingerprint density at radius 1 is 1.18 bits per heavy atom. The first kappa shape index (κ1) is 27.1. The first-order valence-corrected chi connectivity index (χ1v) is 13.5. The van der Waals surface area contributed by atoms with E-state index in [1.807, 2.05) is 64.1 Å². The molecule has 40 heavy (non-hydrogen) atoms. The second-order valence-electron chi connectivity index (χ2n) is 10.8. The summed E-state index contributed by atoms with van der Waals surface area (Å²) in [6.07, 6.45) is 4.51. The number of carbonyl (C=O) groups is 1. The molecule has 3 N–H and O–H groups in total. The van der Waals surface area contributed by atoms with Crippen LogP contribution in [0.2, 0.25) is 0 Å². The number of aromatic amines is 1. The van der Waals surface area contributed by atoms with Gasteiger partial charge in [0.15, 0.2) is 11.6 Å². The van der Waals surface area contributed by atoms with Crippen LogP contribution >= 0.6 is 0 Å². The van der Waals surface area contributed by atoms with Gasteiger partial charge in [0.05, 0.1) is 11.7 Å². The number of carbonyl (C=O) groups excluding carboxylic acids is 1. The molecule has 1 aliphatic rings. The average Bonchev–Trinajstić information content (AvgIpc) is 3.67. The Bertz CT molecular complexity index is 1430. The lowest BCUT2D eigenvalue weighted by Gasteiger charge is -2.23. The van der Waals surface area contributed by atoms with E-state index >= 15 is 0 Å². The third-order valence-electron chi connectivity index (χ3n) is 6.30. The minimum absolute atomic E-state index is 0.0467. The summed E-state index contributed by atoms with van der Waals surface area (Å²) in [7, 11) is 0. The number of alkyl carbamates (subject to hydrolysis) is 1. The van der Waals surface area contributed by atoms with Crippen molar-refractivity contribution in [2.75, 3.05) is 23.3 Å². The highest BCUT2D eigenvalue weighted by Crippen LogP contribution is 2.36. The molecule has 4 aromatic heterocycles. The van der Waals surface area contributed by atoms with Crippen molar-refractivity contribution in [3.8, 4) is 11.4 Å². The zero-order valence-electron chi connectivity index (χ0n) is 23.3. The Hall–Kier alpha value is -4.48. The molecule has 1 amide bonds. The lowest BCUT2D eigenvalue weighted by Crippen LogP contribution is -2.33. The fourth-order valence-electron chi connectivity index (χ4n) is 4.57. The minimum atomic E-state index is -0.537. The first-order valence-electron chi connectivity index (χ1n) is 13.5. The van der Waals surface area contributed by atoms with Gasteiger partial charge in [-0.25, -0.2) is 9.78 Å². The highest BCUT2D eigenvalue weighted by Gasteiger charge is 2.32. The van der Waals surface area contributed by atoms with Crippen molar-refractivity contribution < 1.29 is 14.1 Å². The van der Waals surface area contributed by atoms with E-state index in [0.717, 1.165) is 42.2 Å². The first-order chi connectivity index (χ1) is 19.2. The third-order valence-corrected chi connectivity index (χ3v) is 6.30. The number of nitrogens with one attached hydrogen (secondary N) is 3. The van der Waals surface area contributed by atoms with Gasteiger partial charge >= 0.3 is 6.09 Å². The number of nitrogens with zero attached hydrogens (tertiary/aromatic N) is 6. The molecular formula is C28H35N9O3. The maximum absolute atomic E-state index is 12.0. The van der Waals surface area contributed by atoms with E-state index in [4.69, 9.17) is 19.2 Å². The second kappa shape index (κ2) is 11.7. The van der Waals surface area contributed by atoms with E-state index in [1.54, 1.807) is 6.20 Å². The van der Waals surface area contributed by atoms with Gasteiger partial charge in [-0.1, -0.05) is 11.2 Å². The molecule has 4 aromatic rings. The maximum Gasteiger partial charge on any atom is 0.407 e. The molecule has 5 rings (SSSR count). The Balaban J connectivity index is 1.34. The number of pyridine rings is 1. The molecule has 0 unspecified atom stereocenters. The van der Waals surface area contributed by atoms with E-state index in [1.165, 1.54) is 0 Å². The number of hydrogen-bond acceptors (Lipinski definition) is 10. The number of hydrogen-bond donors (Lipinski definition) is 3. The summed E-state index contributed by atoms with van der Waals surface area (Å²) in [4.78, 5) is 28.3. The van der Waals surface area contributed by atoms with Crippen molar-refractivity contribution >= 4 is 23.7 Å². The van der Waals surface area contributed by atoms with E-state index in [2.05, 4.69) is 35.9 Å². The smallest absolute Gasteiger partial charge is 0.407 e. The van der Waals surface area contributed by atoms with Crippen LogP contribution in [0, 0.1) is 6.92 Å². The molecule has 0 saturated carbocycles. The van der Waals surface area contributed by atoms with Gasteiger partial charge in [0.1, 0.15) is 17.1 Å². The van der Waals surface area contributed by atoms with Crippen LogP contribution in [0.1, 0.15) is 63.2 Å². The Morgan fingerprint density at radius 2 is 2.05 bits per heavy atom. The third kappa shape index (κ3) is 6.93. The van der Waals surface area contributed by atoms with Gasteiger partial charge in [-0.05, 0) is 65.5 Å². The molecule has 1 saturated heterocycles. The molecule has 1 fully saturated rings. The van der Waals surface area contributed by atoms with E-state index < -0.39 is 11.7 Å². The van der Waals surface area contributed by atoms with Crippen LogP contribution in [0.4, 0.5) is 22.4 Å². The lowest BCUT2D eigenvalue weighted by atomic mass is 10.1. The maximum atomic E-state index is 12.0. The molecule has 12 heteroatoms. The average molecular weight is 546 g/mol. The zero-order chi connectivity index (χ0) is 28.1. The lowest BCUT2D eigenvalue weighted by molar-refractivity contribution is 0.0527. The standard InChI is InChI=1S/C28H35N9O3/c1-18-15-25(35-34-18)32-24-16-19(9-7-13-30-27(38)39-28(2,3)4)31-26(33-24)37-14-8-11-22(37)23-17-21(36-40-23)20-10-5-6-12-29-20/h5-6,10,12,15-17,22H,7-9,11,13-14H2,1-4H3,(H,30,38)(H2,31,32,33,34,35)/t22-/m0/s1. The molecule has 0 spiro atoms. The van der Waals surface area contributed by atoms with Crippen molar-refractivity contribution in [3.05, 3.63) is 59.7 Å². The molecular weight excluding hydrogens is 510 g/mol. The SMILES string of the molecule is Cc1cc(Nc2cc(CCCNC(=O)OC(C)(C)C)nc(N3CCC[C@H]3c3cc(-c4ccccn4)no3)n2)n[nH]1. The number of aryl methyl sites for hydroxylation is 2. The van der Waals surface area contributed by atoms with Gasteiger partial charge < -0.3 is 24.8 Å². The topological polar surface area (TPSA) is 147 Å². The predicted molar refractivity (Wildman–Crippen MR) is 150 cm³/mol. The van der Waals surface area contributed by atoms with E-state index in [0.29, 0.717) is 42.7 Å². The summed E-state index contributed by atoms with van der Waals surface area (Å²) in [5, 5.41) is 17.6. The van der Waals surface area contributed by atoms with Crippen molar-refractivity contribution in [1.82, 2.24) is 35.6 Å². The van der Waals surface area contributed by atoms with Crippen LogP contribution in [0.15, 0.2) is 47.1 Å². The Morgan fingerprint density at radius 3 is 2.80 bits per heavy atom. The summed E-state index contributed by atoms with van der Waals surface area (Å²) in [6.45, 7) is 8.72. The molecule has 12 nitrogen and oxygen atoms in total. The molecule has 0 aromatic carbocycles. The van der Waals surface area contributed by atoms with E-state index in [-0.39, 0.29) is 6.04 Å². The number of H-pyrrole nitrogens is 1. The summed E-state index contributed by atoms with van der Waals surface area (Å²) in [5.74, 6) is 2.67. The van der Waals surface area contributed by atoms with Gasteiger partial charge in [0.2, 0.25) is 5.95 Å². The van der Waals surface area contributed by atoms with Crippen molar-refractivity contribution in [2.45, 2.75) is 65.0 Å². The predicted octanol–water partition coefficient (Wildman–Crippen LogP) is 5.10. The molecule has 5 heterocycles. The van der Waals surface area contributed by atoms with Crippen molar-refractivity contribution in [2.24, 2.45) is 0 Å². The highest BCUT2D eigenvalue weighted by molar-refractivity contribution is 5.67. The number of aromatic nitrogens is 6. The fourth-order valence-corrected chi connectivity index (χ4v) is 4.57. The van der Waals surface area contributed by atoms with Crippen LogP contribution in [0.3, 0.4) is 0 Å². The number of rotatable bonds is 9. The van der Waals surface area contributed by atoms with Gasteiger partial charge in [-0.2, -0.15) is 10.1 Å².